The van der Waals surface area contributed by atoms with Gasteiger partial charge in [0, 0.05) is 28.7 Å². The first-order valence-corrected chi connectivity index (χ1v) is 8.34. The van der Waals surface area contributed by atoms with E-state index in [2.05, 4.69) is 19.2 Å². The maximum atomic E-state index is 13.8. The normalized spacial score (nSPS) is 12.2. The summed E-state index contributed by atoms with van der Waals surface area (Å²) in [4.78, 5) is 0. The number of hydrogen-bond donors (Lipinski definition) is 1. The van der Waals surface area contributed by atoms with E-state index in [0.29, 0.717) is 33.9 Å². The number of ether oxygens (including phenoxy) is 1. The lowest BCUT2D eigenvalue weighted by Crippen LogP contribution is -2.24. The second-order valence-corrected chi connectivity index (χ2v) is 6.27. The topological polar surface area (TPSA) is 21.3 Å². The van der Waals surface area contributed by atoms with Gasteiger partial charge in [0.1, 0.15) is 18.2 Å². The van der Waals surface area contributed by atoms with E-state index in [1.54, 1.807) is 24.3 Å². The Kier molecular flexibility index (Phi) is 6.70. The molecule has 2 nitrogen and oxygen atoms in total. The van der Waals surface area contributed by atoms with Crippen LogP contribution in [0.4, 0.5) is 4.39 Å². The molecule has 0 bridgehead atoms. The molecule has 0 radical (unpaired) electrons. The van der Waals surface area contributed by atoms with E-state index in [0.717, 1.165) is 12.0 Å². The van der Waals surface area contributed by atoms with Crippen LogP contribution in [-0.4, -0.2) is 6.04 Å². The van der Waals surface area contributed by atoms with Crippen molar-refractivity contribution in [1.82, 2.24) is 5.32 Å². The fraction of sp³-hybridized carbons (Fsp3) is 0.333. The standard InChI is InChI=1S/C18H20Cl2FNO/c1-3-12(2)22-10-13-9-14(19)7-8-18(13)23-11-15-16(20)5-4-6-17(15)21/h4-9,12,22H,3,10-11H2,1-2H3/t12-/m0/s1. The Hall–Kier alpha value is -1.29. The summed E-state index contributed by atoms with van der Waals surface area (Å²) in [7, 11) is 0. The van der Waals surface area contributed by atoms with E-state index in [4.69, 9.17) is 27.9 Å². The van der Waals surface area contributed by atoms with Crippen LogP contribution in [0.1, 0.15) is 31.4 Å². The maximum absolute atomic E-state index is 13.8. The number of halogens is 3. The van der Waals surface area contributed by atoms with Crippen molar-refractivity contribution >= 4 is 23.2 Å². The Morgan fingerprint density at radius 3 is 2.70 bits per heavy atom. The molecule has 23 heavy (non-hydrogen) atoms. The smallest absolute Gasteiger partial charge is 0.131 e. The zero-order chi connectivity index (χ0) is 16.8. The highest BCUT2D eigenvalue weighted by Gasteiger charge is 2.11. The largest absolute Gasteiger partial charge is 0.488 e. The molecule has 0 aromatic heterocycles. The number of benzene rings is 2. The molecule has 0 amide bonds. The summed E-state index contributed by atoms with van der Waals surface area (Å²) in [6.07, 6.45) is 1.03. The van der Waals surface area contributed by atoms with Crippen LogP contribution in [0.25, 0.3) is 0 Å². The van der Waals surface area contributed by atoms with E-state index in [1.807, 2.05) is 6.07 Å². The molecule has 0 heterocycles. The van der Waals surface area contributed by atoms with Gasteiger partial charge in [-0.05, 0) is 43.7 Å². The van der Waals surface area contributed by atoms with Gasteiger partial charge in [-0.1, -0.05) is 36.2 Å². The van der Waals surface area contributed by atoms with E-state index in [-0.39, 0.29) is 12.4 Å². The minimum Gasteiger partial charge on any atom is -0.488 e. The molecule has 0 unspecified atom stereocenters. The Labute approximate surface area is 146 Å². The third kappa shape index (κ3) is 5.10. The maximum Gasteiger partial charge on any atom is 0.131 e. The van der Waals surface area contributed by atoms with Gasteiger partial charge in [0.05, 0.1) is 5.02 Å². The highest BCUT2D eigenvalue weighted by Crippen LogP contribution is 2.26. The van der Waals surface area contributed by atoms with Gasteiger partial charge in [-0.2, -0.15) is 0 Å². The first-order chi connectivity index (χ1) is 11.0. The van der Waals surface area contributed by atoms with Gasteiger partial charge in [0.2, 0.25) is 0 Å². The van der Waals surface area contributed by atoms with E-state index in [1.165, 1.54) is 6.07 Å². The van der Waals surface area contributed by atoms with E-state index in [9.17, 15) is 4.39 Å². The lowest BCUT2D eigenvalue weighted by Gasteiger charge is -2.16. The van der Waals surface area contributed by atoms with Crippen LogP contribution >= 0.6 is 23.2 Å². The second kappa shape index (κ2) is 8.53. The summed E-state index contributed by atoms with van der Waals surface area (Å²) < 4.78 is 19.6. The quantitative estimate of drug-likeness (QED) is 0.697. The van der Waals surface area contributed by atoms with Crippen LogP contribution in [-0.2, 0) is 13.2 Å². The third-order valence-electron chi connectivity index (χ3n) is 3.71. The minimum absolute atomic E-state index is 0.0729. The molecule has 1 atom stereocenters. The molecular weight excluding hydrogens is 336 g/mol. The van der Waals surface area contributed by atoms with Gasteiger partial charge >= 0.3 is 0 Å². The van der Waals surface area contributed by atoms with Gasteiger partial charge in [0.25, 0.3) is 0 Å². The first kappa shape index (κ1) is 18.1. The summed E-state index contributed by atoms with van der Waals surface area (Å²) in [6, 6.07) is 10.4. The SMILES string of the molecule is CC[C@H](C)NCc1cc(Cl)ccc1OCc1c(F)cccc1Cl. The van der Waals surface area contributed by atoms with Crippen molar-refractivity contribution in [2.75, 3.05) is 0 Å². The van der Waals surface area contributed by atoms with Crippen molar-refractivity contribution in [2.45, 2.75) is 39.5 Å². The fourth-order valence-electron chi connectivity index (χ4n) is 2.08. The molecule has 0 aliphatic rings. The zero-order valence-electron chi connectivity index (χ0n) is 13.2. The van der Waals surface area contributed by atoms with Gasteiger partial charge in [0.15, 0.2) is 0 Å². The van der Waals surface area contributed by atoms with Crippen molar-refractivity contribution in [2.24, 2.45) is 0 Å². The predicted octanol–water partition coefficient (Wildman–Crippen LogP) is 5.60. The molecule has 5 heteroatoms. The van der Waals surface area contributed by atoms with Crippen molar-refractivity contribution < 1.29 is 9.13 Å². The van der Waals surface area contributed by atoms with E-state index < -0.39 is 0 Å². The second-order valence-electron chi connectivity index (χ2n) is 5.43. The zero-order valence-corrected chi connectivity index (χ0v) is 14.7. The van der Waals surface area contributed by atoms with Crippen LogP contribution in [0.15, 0.2) is 36.4 Å². The van der Waals surface area contributed by atoms with Gasteiger partial charge in [-0.25, -0.2) is 4.39 Å². The Bertz CT molecular complexity index is 643. The number of nitrogens with one attached hydrogen (secondary N) is 1. The molecule has 2 aromatic rings. The summed E-state index contributed by atoms with van der Waals surface area (Å²) in [6.45, 7) is 4.94. The molecule has 0 aliphatic carbocycles. The van der Waals surface area contributed by atoms with Crippen LogP contribution < -0.4 is 10.1 Å². The molecule has 0 spiro atoms. The summed E-state index contributed by atoms with van der Waals surface area (Å²) in [5.41, 5.74) is 1.29. The minimum atomic E-state index is -0.370. The number of hydrogen-bond acceptors (Lipinski definition) is 2. The van der Waals surface area contributed by atoms with Crippen molar-refractivity contribution in [3.05, 3.63) is 63.4 Å². The average molecular weight is 356 g/mol. The monoisotopic (exact) mass is 355 g/mol. The lowest BCUT2D eigenvalue weighted by atomic mass is 10.1. The molecular formula is C18H20Cl2FNO. The van der Waals surface area contributed by atoms with Gasteiger partial charge in [-0.15, -0.1) is 0 Å². The summed E-state index contributed by atoms with van der Waals surface area (Å²) in [5.74, 6) is 0.301. The third-order valence-corrected chi connectivity index (χ3v) is 4.30. The van der Waals surface area contributed by atoms with Crippen LogP contribution in [0.3, 0.4) is 0 Å². The molecule has 0 fully saturated rings. The van der Waals surface area contributed by atoms with Crippen molar-refractivity contribution in [3.8, 4) is 5.75 Å². The van der Waals surface area contributed by atoms with Gasteiger partial charge in [-0.3, -0.25) is 0 Å². The Balaban J connectivity index is 2.13. The fourth-order valence-corrected chi connectivity index (χ4v) is 2.49. The highest BCUT2D eigenvalue weighted by molar-refractivity contribution is 6.31. The molecule has 0 saturated carbocycles. The lowest BCUT2D eigenvalue weighted by molar-refractivity contribution is 0.295. The summed E-state index contributed by atoms with van der Waals surface area (Å²) in [5, 5.41) is 4.40. The molecule has 1 N–H and O–H groups in total. The van der Waals surface area contributed by atoms with Gasteiger partial charge < -0.3 is 10.1 Å². The number of rotatable bonds is 7. The van der Waals surface area contributed by atoms with Crippen LogP contribution in [0.5, 0.6) is 5.75 Å². The molecule has 2 aromatic carbocycles. The van der Waals surface area contributed by atoms with E-state index >= 15 is 0 Å². The molecule has 2 rings (SSSR count). The van der Waals surface area contributed by atoms with Crippen LogP contribution in [0.2, 0.25) is 10.0 Å². The average Bonchev–Trinajstić information content (AvgIpc) is 2.53. The predicted molar refractivity (Wildman–Crippen MR) is 93.8 cm³/mol. The molecule has 0 saturated heterocycles. The van der Waals surface area contributed by atoms with Crippen LogP contribution in [0, 0.1) is 5.82 Å². The Morgan fingerprint density at radius 2 is 2.00 bits per heavy atom. The molecule has 124 valence electrons. The highest BCUT2D eigenvalue weighted by atomic mass is 35.5. The summed E-state index contributed by atoms with van der Waals surface area (Å²) >= 11 is 12.1. The first-order valence-electron chi connectivity index (χ1n) is 7.58. The molecule has 0 aliphatic heterocycles. The van der Waals surface area contributed by atoms with Crippen molar-refractivity contribution in [3.63, 3.8) is 0 Å². The van der Waals surface area contributed by atoms with Crippen molar-refractivity contribution in [1.29, 1.82) is 0 Å². The Morgan fingerprint density at radius 1 is 1.22 bits per heavy atom.